The summed E-state index contributed by atoms with van der Waals surface area (Å²) in [5.74, 6) is 0.0847. The van der Waals surface area contributed by atoms with Gasteiger partial charge in [0.2, 0.25) is 10.0 Å². The van der Waals surface area contributed by atoms with E-state index in [4.69, 9.17) is 0 Å². The number of hydrogen-bond acceptors (Lipinski definition) is 4. The zero-order valence-electron chi connectivity index (χ0n) is 8.90. The van der Waals surface area contributed by atoms with E-state index in [1.54, 1.807) is 10.9 Å². The molecule has 0 aliphatic rings. The second kappa shape index (κ2) is 5.24. The van der Waals surface area contributed by atoms with E-state index in [0.717, 1.165) is 5.69 Å². The first-order valence-electron chi connectivity index (χ1n) is 4.64. The molecule has 6 nitrogen and oxygen atoms in total. The van der Waals surface area contributed by atoms with Gasteiger partial charge in [0.15, 0.2) is 0 Å². The smallest absolute Gasteiger partial charge is 0.212 e. The maximum Gasteiger partial charge on any atom is 0.212 e. The predicted molar refractivity (Wildman–Crippen MR) is 57.8 cm³/mol. The molecule has 1 rings (SSSR count). The van der Waals surface area contributed by atoms with Crippen LogP contribution in [0, 0.1) is 0 Å². The van der Waals surface area contributed by atoms with Crippen LogP contribution in [0.25, 0.3) is 0 Å². The van der Waals surface area contributed by atoms with E-state index < -0.39 is 10.0 Å². The van der Waals surface area contributed by atoms with Gasteiger partial charge in [-0.2, -0.15) is 5.10 Å². The second-order valence-corrected chi connectivity index (χ2v) is 5.19. The lowest BCUT2D eigenvalue weighted by molar-refractivity contribution is 0.580. The Balaban J connectivity index is 2.26. The summed E-state index contributed by atoms with van der Waals surface area (Å²) < 4.78 is 26.1. The second-order valence-electron chi connectivity index (χ2n) is 3.15. The Labute approximate surface area is 89.7 Å². The van der Waals surface area contributed by atoms with Gasteiger partial charge in [0.25, 0.3) is 0 Å². The minimum absolute atomic E-state index is 0.0847. The van der Waals surface area contributed by atoms with E-state index in [1.165, 1.54) is 7.05 Å². The Morgan fingerprint density at radius 3 is 2.80 bits per heavy atom. The van der Waals surface area contributed by atoms with E-state index in [9.17, 15) is 8.42 Å². The van der Waals surface area contributed by atoms with Crippen molar-refractivity contribution in [3.63, 3.8) is 0 Å². The molecule has 0 aliphatic heterocycles. The van der Waals surface area contributed by atoms with Gasteiger partial charge < -0.3 is 5.32 Å². The Hall–Kier alpha value is -0.920. The number of sulfonamides is 1. The average Bonchev–Trinajstić information content (AvgIpc) is 2.59. The molecule has 0 saturated carbocycles. The molecule has 1 aromatic heterocycles. The summed E-state index contributed by atoms with van der Waals surface area (Å²) in [6.07, 6.45) is 1.71. The van der Waals surface area contributed by atoms with Crippen LogP contribution < -0.4 is 10.0 Å². The highest BCUT2D eigenvalue weighted by Gasteiger charge is 2.05. The van der Waals surface area contributed by atoms with Crippen molar-refractivity contribution >= 4 is 10.0 Å². The van der Waals surface area contributed by atoms with Crippen LogP contribution in [0.4, 0.5) is 0 Å². The predicted octanol–water partition coefficient (Wildman–Crippen LogP) is -0.941. The zero-order chi connectivity index (χ0) is 11.3. The van der Waals surface area contributed by atoms with Crippen LogP contribution >= 0.6 is 0 Å². The van der Waals surface area contributed by atoms with Crippen LogP contribution in [0.1, 0.15) is 5.69 Å². The molecule has 0 atom stereocenters. The number of hydrogen-bond donors (Lipinski definition) is 2. The lowest BCUT2D eigenvalue weighted by Gasteiger charge is -2.05. The molecule has 15 heavy (non-hydrogen) atoms. The lowest BCUT2D eigenvalue weighted by atomic mass is 10.4. The van der Waals surface area contributed by atoms with Crippen molar-refractivity contribution < 1.29 is 8.42 Å². The fourth-order valence-corrected chi connectivity index (χ4v) is 1.72. The van der Waals surface area contributed by atoms with E-state index in [1.807, 2.05) is 13.1 Å². The highest BCUT2D eigenvalue weighted by molar-refractivity contribution is 7.89. The first-order valence-corrected chi connectivity index (χ1v) is 6.29. The highest BCUT2D eigenvalue weighted by atomic mass is 32.2. The quantitative estimate of drug-likeness (QED) is 0.621. The number of aromatic nitrogens is 2. The highest BCUT2D eigenvalue weighted by Crippen LogP contribution is 1.94. The summed E-state index contributed by atoms with van der Waals surface area (Å²) in [7, 11) is 0.156. The molecule has 2 N–H and O–H groups in total. The van der Waals surface area contributed by atoms with Gasteiger partial charge in [-0.15, -0.1) is 0 Å². The normalized spacial score (nSPS) is 11.9. The zero-order valence-corrected chi connectivity index (χ0v) is 9.71. The van der Waals surface area contributed by atoms with Crippen LogP contribution in [0.2, 0.25) is 0 Å². The largest absolute Gasteiger partial charge is 0.310 e. The van der Waals surface area contributed by atoms with Gasteiger partial charge in [0.1, 0.15) is 0 Å². The summed E-state index contributed by atoms with van der Waals surface area (Å²) in [6, 6.07) is 1.89. The molecule has 0 saturated heterocycles. The van der Waals surface area contributed by atoms with Gasteiger partial charge in [-0.25, -0.2) is 13.1 Å². The Kier molecular flexibility index (Phi) is 4.25. The summed E-state index contributed by atoms with van der Waals surface area (Å²) >= 11 is 0. The first kappa shape index (κ1) is 12.2. The Bertz CT molecular complexity index is 399. The van der Waals surface area contributed by atoms with Crippen LogP contribution in [-0.4, -0.2) is 37.5 Å². The monoisotopic (exact) mass is 232 g/mol. The number of aryl methyl sites for hydroxylation is 1. The van der Waals surface area contributed by atoms with Crippen molar-refractivity contribution in [2.75, 3.05) is 19.3 Å². The minimum Gasteiger partial charge on any atom is -0.310 e. The molecule has 7 heteroatoms. The standard InChI is InChI=1S/C8H16N4O2S/c1-9-15(13,14)6-5-10-7-8-3-4-11-12(8)2/h3-4,9-10H,5-7H2,1-2H3. The average molecular weight is 232 g/mol. The van der Waals surface area contributed by atoms with Crippen molar-refractivity contribution in [2.24, 2.45) is 7.05 Å². The van der Waals surface area contributed by atoms with Crippen molar-refractivity contribution in [3.05, 3.63) is 18.0 Å². The molecule has 0 fully saturated rings. The van der Waals surface area contributed by atoms with Crippen LogP contribution in [-0.2, 0) is 23.6 Å². The summed E-state index contributed by atoms with van der Waals surface area (Å²) in [6.45, 7) is 1.05. The molecule has 1 aromatic rings. The third-order valence-electron chi connectivity index (χ3n) is 2.09. The van der Waals surface area contributed by atoms with Crippen molar-refractivity contribution in [1.82, 2.24) is 19.8 Å². The van der Waals surface area contributed by atoms with Crippen molar-refractivity contribution in [2.45, 2.75) is 6.54 Å². The molecule has 0 unspecified atom stereocenters. The van der Waals surface area contributed by atoms with Gasteiger partial charge in [-0.3, -0.25) is 4.68 Å². The molecular formula is C8H16N4O2S. The van der Waals surface area contributed by atoms with Gasteiger partial charge in [-0.1, -0.05) is 0 Å². The number of rotatable bonds is 6. The van der Waals surface area contributed by atoms with Gasteiger partial charge in [-0.05, 0) is 13.1 Å². The van der Waals surface area contributed by atoms with E-state index in [0.29, 0.717) is 13.1 Å². The molecule has 0 radical (unpaired) electrons. The van der Waals surface area contributed by atoms with E-state index in [-0.39, 0.29) is 5.75 Å². The maximum absolute atomic E-state index is 11.1. The summed E-state index contributed by atoms with van der Waals surface area (Å²) in [5.41, 5.74) is 1.02. The molecule has 0 aromatic carbocycles. The van der Waals surface area contributed by atoms with Gasteiger partial charge in [0.05, 0.1) is 11.4 Å². The molecular weight excluding hydrogens is 216 g/mol. The van der Waals surface area contributed by atoms with Gasteiger partial charge in [0, 0.05) is 26.3 Å². The minimum atomic E-state index is -3.11. The lowest BCUT2D eigenvalue weighted by Crippen LogP contribution is -2.29. The third-order valence-corrected chi connectivity index (χ3v) is 3.45. The molecule has 0 spiro atoms. The van der Waals surface area contributed by atoms with E-state index in [2.05, 4.69) is 15.1 Å². The Morgan fingerprint density at radius 2 is 2.27 bits per heavy atom. The van der Waals surface area contributed by atoms with E-state index >= 15 is 0 Å². The molecule has 0 aliphatic carbocycles. The fraction of sp³-hybridized carbons (Fsp3) is 0.625. The van der Waals surface area contributed by atoms with Crippen LogP contribution in [0.3, 0.4) is 0 Å². The first-order chi connectivity index (χ1) is 7.05. The molecule has 0 bridgehead atoms. The van der Waals surface area contributed by atoms with Crippen LogP contribution in [0.5, 0.6) is 0 Å². The molecule has 0 amide bonds. The Morgan fingerprint density at radius 1 is 1.53 bits per heavy atom. The van der Waals surface area contributed by atoms with Gasteiger partial charge >= 0.3 is 0 Å². The number of nitrogens with one attached hydrogen (secondary N) is 2. The maximum atomic E-state index is 11.1. The van der Waals surface area contributed by atoms with Crippen molar-refractivity contribution in [3.8, 4) is 0 Å². The summed E-state index contributed by atoms with van der Waals surface area (Å²) in [5, 5.41) is 7.05. The molecule has 1 heterocycles. The van der Waals surface area contributed by atoms with Crippen molar-refractivity contribution in [1.29, 1.82) is 0 Å². The molecule has 86 valence electrons. The number of nitrogens with zero attached hydrogens (tertiary/aromatic N) is 2. The summed E-state index contributed by atoms with van der Waals surface area (Å²) in [4.78, 5) is 0. The topological polar surface area (TPSA) is 76.0 Å². The SMILES string of the molecule is CNS(=O)(=O)CCNCc1ccnn1C. The van der Waals surface area contributed by atoms with Crippen LogP contribution in [0.15, 0.2) is 12.3 Å². The fourth-order valence-electron chi connectivity index (χ4n) is 1.10. The third kappa shape index (κ3) is 3.98.